The predicted molar refractivity (Wildman–Crippen MR) is 125 cm³/mol. The number of nitrogens with one attached hydrogen (secondary N) is 2. The van der Waals surface area contributed by atoms with Crippen molar-refractivity contribution in [3.8, 4) is 11.3 Å². The molecule has 0 bridgehead atoms. The van der Waals surface area contributed by atoms with Crippen molar-refractivity contribution in [3.05, 3.63) is 49.2 Å². The zero-order valence-corrected chi connectivity index (χ0v) is 18.7. The van der Waals surface area contributed by atoms with Crippen LogP contribution in [0.15, 0.2) is 68.1 Å². The maximum Gasteiger partial charge on any atom is 0.244 e. The minimum absolute atomic E-state index is 0.162. The summed E-state index contributed by atoms with van der Waals surface area (Å²) in [5, 5.41) is 13.5. The molecule has 4 aromatic heterocycles. The van der Waals surface area contributed by atoms with Crippen LogP contribution in [0.5, 0.6) is 0 Å². The fourth-order valence-electron chi connectivity index (χ4n) is 3.58. The molecule has 0 fully saturated rings. The number of hydrogen-bond donors (Lipinski definition) is 4. The van der Waals surface area contributed by atoms with Gasteiger partial charge in [0.25, 0.3) is 0 Å². The molecule has 0 aliphatic rings. The van der Waals surface area contributed by atoms with Crippen molar-refractivity contribution in [2.75, 3.05) is 18.8 Å². The summed E-state index contributed by atoms with van der Waals surface area (Å²) in [7, 11) is 0. The number of nitrogens with two attached hydrogens (primary N) is 1. The van der Waals surface area contributed by atoms with Crippen LogP contribution in [-0.2, 0) is 11.3 Å². The third-order valence-corrected chi connectivity index (χ3v) is 6.29. The highest BCUT2D eigenvalue weighted by atomic mass is 32.2. The van der Waals surface area contributed by atoms with Gasteiger partial charge in [-0.25, -0.2) is 20.4 Å². The Hall–Kier alpha value is -3.87. The van der Waals surface area contributed by atoms with E-state index in [0.29, 0.717) is 47.5 Å². The number of anilines is 1. The lowest BCUT2D eigenvalue weighted by Gasteiger charge is -2.11. The summed E-state index contributed by atoms with van der Waals surface area (Å²) >= 11 is 1.47. The number of nitrogen functional groups attached to an aromatic ring is 1. The molecule has 0 unspecified atom stereocenters. The minimum atomic E-state index is -0.447. The third kappa shape index (κ3) is 4.33. The number of hydroxylamine groups is 1. The van der Waals surface area contributed by atoms with Gasteiger partial charge in [0.1, 0.15) is 17.7 Å². The molecule has 5 N–H and O–H groups in total. The second-order valence-electron chi connectivity index (χ2n) is 7.40. The van der Waals surface area contributed by atoms with Crippen LogP contribution in [0.1, 0.15) is 6.42 Å². The molecule has 0 spiro atoms. The number of nitrogens with zero attached hydrogens (tertiary/aromatic N) is 4. The molecule has 12 heteroatoms. The number of furan rings is 2. The normalized spacial score (nSPS) is 11.4. The lowest BCUT2D eigenvalue weighted by atomic mass is 10.1. The first-order valence-corrected chi connectivity index (χ1v) is 11.3. The van der Waals surface area contributed by atoms with Gasteiger partial charge in [0.2, 0.25) is 5.91 Å². The van der Waals surface area contributed by atoms with Gasteiger partial charge in [-0.3, -0.25) is 10.0 Å². The van der Waals surface area contributed by atoms with E-state index in [0.717, 1.165) is 21.4 Å². The van der Waals surface area contributed by atoms with Crippen molar-refractivity contribution >= 4 is 45.6 Å². The summed E-state index contributed by atoms with van der Waals surface area (Å²) in [6.45, 7) is 1.49. The van der Waals surface area contributed by atoms with Gasteiger partial charge in [-0.1, -0.05) is 11.8 Å². The highest BCUT2D eigenvalue weighted by Gasteiger charge is 2.19. The third-order valence-electron chi connectivity index (χ3n) is 5.23. The predicted octanol–water partition coefficient (Wildman–Crippen LogP) is 3.05. The Morgan fingerprint density at radius 1 is 1.18 bits per heavy atom. The second kappa shape index (κ2) is 9.55. The molecule has 0 saturated heterocycles. The van der Waals surface area contributed by atoms with Crippen LogP contribution >= 0.6 is 11.8 Å². The van der Waals surface area contributed by atoms with E-state index in [4.69, 9.17) is 24.8 Å². The van der Waals surface area contributed by atoms with E-state index in [1.165, 1.54) is 18.1 Å². The fourth-order valence-corrected chi connectivity index (χ4v) is 4.66. The zero-order valence-electron chi connectivity index (χ0n) is 17.9. The van der Waals surface area contributed by atoms with Crippen LogP contribution in [0, 0.1) is 0 Å². The number of amides is 1. The number of benzene rings is 1. The first-order chi connectivity index (χ1) is 16.6. The average Bonchev–Trinajstić information content (AvgIpc) is 3.59. The molecule has 5 rings (SSSR count). The van der Waals surface area contributed by atoms with Crippen molar-refractivity contribution in [3.63, 3.8) is 0 Å². The summed E-state index contributed by atoms with van der Waals surface area (Å²) in [6.07, 6.45) is 4.86. The van der Waals surface area contributed by atoms with E-state index in [1.807, 2.05) is 34.9 Å². The van der Waals surface area contributed by atoms with Crippen LogP contribution in [0.4, 0.5) is 5.82 Å². The molecule has 0 radical (unpaired) electrons. The smallest absolute Gasteiger partial charge is 0.244 e. The maximum absolute atomic E-state index is 11.2. The van der Waals surface area contributed by atoms with E-state index < -0.39 is 5.91 Å². The first kappa shape index (κ1) is 21.9. The lowest BCUT2D eigenvalue weighted by molar-refractivity contribution is -0.129. The standard InChI is InChI=1S/C22H21N7O4S/c23-20-19-21(26-12-25-20)29(7-6-24-5-3-18(30)28-31)22(27-19)34-17-10-13-4-9-33-16(13)11-14(17)15-2-1-8-32-15/h1-2,4,8-12,24,31H,3,5-7H2,(H,28,30)(H2,23,25,26). The molecule has 4 heterocycles. The SMILES string of the molecule is Nc1ncnc2c1nc(Sc1cc3ccoc3cc1-c1ccco1)n2CCNCCC(=O)NO. The van der Waals surface area contributed by atoms with E-state index >= 15 is 0 Å². The Morgan fingerprint density at radius 2 is 2.09 bits per heavy atom. The van der Waals surface area contributed by atoms with Crippen molar-refractivity contribution in [2.24, 2.45) is 0 Å². The summed E-state index contributed by atoms with van der Waals surface area (Å²) in [5.41, 5.74) is 10.5. The summed E-state index contributed by atoms with van der Waals surface area (Å²) < 4.78 is 13.2. The van der Waals surface area contributed by atoms with Gasteiger partial charge < -0.3 is 24.5 Å². The number of carbonyl (C=O) groups is 1. The van der Waals surface area contributed by atoms with Crippen LogP contribution in [0.3, 0.4) is 0 Å². The maximum atomic E-state index is 11.2. The molecular formula is C22H21N7O4S. The molecule has 174 valence electrons. The van der Waals surface area contributed by atoms with Crippen LogP contribution in [0.2, 0.25) is 0 Å². The number of fused-ring (bicyclic) bond motifs is 2. The molecule has 1 aromatic carbocycles. The van der Waals surface area contributed by atoms with E-state index in [9.17, 15) is 4.79 Å². The molecule has 0 saturated carbocycles. The topological polar surface area (TPSA) is 157 Å². The minimum Gasteiger partial charge on any atom is -0.464 e. The van der Waals surface area contributed by atoms with Gasteiger partial charge in [-0.05, 0) is 30.3 Å². The Bertz CT molecular complexity index is 1440. The number of imidazole rings is 1. The van der Waals surface area contributed by atoms with Gasteiger partial charge >= 0.3 is 0 Å². The Labute approximate surface area is 197 Å². The van der Waals surface area contributed by atoms with Gasteiger partial charge in [0, 0.05) is 41.9 Å². The summed E-state index contributed by atoms with van der Waals surface area (Å²) in [6, 6.07) is 9.62. The Morgan fingerprint density at radius 3 is 2.91 bits per heavy atom. The molecule has 0 aliphatic heterocycles. The zero-order chi connectivity index (χ0) is 23.5. The van der Waals surface area contributed by atoms with Crippen LogP contribution in [-0.4, -0.2) is 43.7 Å². The van der Waals surface area contributed by atoms with E-state index in [2.05, 4.69) is 15.3 Å². The molecule has 1 amide bonds. The monoisotopic (exact) mass is 479 g/mol. The molecule has 34 heavy (non-hydrogen) atoms. The molecule has 0 atom stereocenters. The summed E-state index contributed by atoms with van der Waals surface area (Å²) in [4.78, 5) is 25.3. The number of hydrogen-bond acceptors (Lipinski definition) is 10. The van der Waals surface area contributed by atoms with E-state index in [1.54, 1.807) is 18.0 Å². The largest absolute Gasteiger partial charge is 0.464 e. The van der Waals surface area contributed by atoms with Crippen molar-refractivity contribution in [1.82, 2.24) is 30.3 Å². The molecule has 11 nitrogen and oxygen atoms in total. The highest BCUT2D eigenvalue weighted by Crippen LogP contribution is 2.40. The van der Waals surface area contributed by atoms with Crippen molar-refractivity contribution < 1.29 is 18.8 Å². The van der Waals surface area contributed by atoms with Gasteiger partial charge in [0.05, 0.1) is 12.5 Å². The van der Waals surface area contributed by atoms with E-state index in [-0.39, 0.29) is 6.42 Å². The molecule has 0 aliphatic carbocycles. The van der Waals surface area contributed by atoms with Gasteiger partial charge in [-0.2, -0.15) is 0 Å². The first-order valence-electron chi connectivity index (χ1n) is 10.5. The second-order valence-corrected chi connectivity index (χ2v) is 8.41. The van der Waals surface area contributed by atoms with Crippen molar-refractivity contribution in [2.45, 2.75) is 23.0 Å². The Kier molecular flexibility index (Phi) is 6.16. The summed E-state index contributed by atoms with van der Waals surface area (Å²) in [5.74, 6) is 0.568. The lowest BCUT2D eigenvalue weighted by Crippen LogP contribution is -2.27. The van der Waals surface area contributed by atoms with Crippen LogP contribution in [0.25, 0.3) is 33.5 Å². The fraction of sp³-hybridized carbons (Fsp3) is 0.182. The molecule has 5 aromatic rings. The van der Waals surface area contributed by atoms with Gasteiger partial charge in [-0.15, -0.1) is 0 Å². The number of rotatable bonds is 9. The van der Waals surface area contributed by atoms with Crippen LogP contribution < -0.4 is 16.5 Å². The average molecular weight is 480 g/mol. The molecular weight excluding hydrogens is 458 g/mol. The highest BCUT2D eigenvalue weighted by molar-refractivity contribution is 7.99. The Balaban J connectivity index is 1.48. The number of carbonyl (C=O) groups excluding carboxylic acids is 1. The quantitative estimate of drug-likeness (QED) is 0.141. The van der Waals surface area contributed by atoms with Gasteiger partial charge in [0.15, 0.2) is 22.1 Å². The van der Waals surface area contributed by atoms with Crippen molar-refractivity contribution in [1.29, 1.82) is 0 Å². The number of aromatic nitrogens is 4.